The van der Waals surface area contributed by atoms with Crippen molar-refractivity contribution < 1.29 is 9.57 Å². The van der Waals surface area contributed by atoms with Gasteiger partial charge in [0.2, 0.25) is 0 Å². The van der Waals surface area contributed by atoms with E-state index in [0.717, 1.165) is 19.3 Å². The second-order valence-corrected chi connectivity index (χ2v) is 1.94. The average Bonchev–Trinajstić information content (AvgIpc) is 1.91. The van der Waals surface area contributed by atoms with Crippen molar-refractivity contribution in [2.75, 3.05) is 7.11 Å². The maximum atomic E-state index is 4.90. The molecule has 0 heterocycles. The third kappa shape index (κ3) is 4.39. The molecule has 0 aliphatic carbocycles. The maximum Gasteiger partial charge on any atom is 0.176 e. The molecule has 2 N–H and O–H groups in total. The van der Waals surface area contributed by atoms with Crippen LogP contribution >= 0.6 is 0 Å². The van der Waals surface area contributed by atoms with Crippen LogP contribution in [0.3, 0.4) is 0 Å². The lowest BCUT2D eigenvalue weighted by atomic mass is 10.2. The lowest BCUT2D eigenvalue weighted by molar-refractivity contribution is -0.130. The molecule has 0 amide bonds. The molecule has 0 saturated carbocycles. The van der Waals surface area contributed by atoms with Gasteiger partial charge in [-0.3, -0.25) is 4.84 Å². The minimum Gasteiger partial charge on any atom is -0.354 e. The molecule has 9 heavy (non-hydrogen) atoms. The van der Waals surface area contributed by atoms with E-state index in [4.69, 9.17) is 10.6 Å². The van der Waals surface area contributed by atoms with E-state index in [1.165, 1.54) is 0 Å². The Hall–Kier alpha value is -0.120. The molecule has 0 spiro atoms. The normalized spacial score (nSPS) is 13.7. The molecular weight excluding hydrogens is 118 g/mol. The van der Waals surface area contributed by atoms with Crippen LogP contribution in [0.2, 0.25) is 0 Å². The van der Waals surface area contributed by atoms with Gasteiger partial charge in [0.05, 0.1) is 0 Å². The number of rotatable bonds is 5. The molecule has 1 unspecified atom stereocenters. The first-order valence-corrected chi connectivity index (χ1v) is 3.23. The summed E-state index contributed by atoms with van der Waals surface area (Å²) >= 11 is 0. The highest BCUT2D eigenvalue weighted by Crippen LogP contribution is 2.02. The summed E-state index contributed by atoms with van der Waals surface area (Å²) < 4.78 is 4.85. The number of methoxy groups -OCH3 is 1. The highest BCUT2D eigenvalue weighted by atomic mass is 16.7. The Kier molecular flexibility index (Phi) is 5.93. The Morgan fingerprint density at radius 1 is 1.56 bits per heavy atom. The van der Waals surface area contributed by atoms with E-state index in [1.54, 1.807) is 7.11 Å². The Bertz CT molecular complexity index is 55.0. The molecule has 1 atom stereocenters. The molecule has 0 aliphatic rings. The molecular formula is C6H15NO2. The first-order chi connectivity index (χ1) is 4.35. The number of hydrogen-bond acceptors (Lipinski definition) is 3. The monoisotopic (exact) mass is 133 g/mol. The number of hydrogen-bond donors (Lipinski definition) is 1. The zero-order chi connectivity index (χ0) is 7.11. The molecule has 0 bridgehead atoms. The fraction of sp³-hybridized carbons (Fsp3) is 1.00. The lowest BCUT2D eigenvalue weighted by Gasteiger charge is -2.10. The van der Waals surface area contributed by atoms with Crippen LogP contribution in [0.5, 0.6) is 0 Å². The van der Waals surface area contributed by atoms with Crippen molar-refractivity contribution in [2.24, 2.45) is 5.90 Å². The highest BCUT2D eigenvalue weighted by molar-refractivity contribution is 4.41. The van der Waals surface area contributed by atoms with Crippen molar-refractivity contribution >= 4 is 0 Å². The predicted octanol–water partition coefficient (Wildman–Crippen LogP) is 1.04. The minimum absolute atomic E-state index is 0.218. The average molecular weight is 133 g/mol. The van der Waals surface area contributed by atoms with E-state index in [1.807, 2.05) is 0 Å². The topological polar surface area (TPSA) is 44.5 Å². The summed E-state index contributed by atoms with van der Waals surface area (Å²) in [6.07, 6.45) is 2.90. The minimum atomic E-state index is -0.218. The van der Waals surface area contributed by atoms with Crippen LogP contribution in [0, 0.1) is 0 Å². The zero-order valence-electron chi connectivity index (χ0n) is 6.09. The van der Waals surface area contributed by atoms with Crippen LogP contribution in [0.1, 0.15) is 26.2 Å². The van der Waals surface area contributed by atoms with Crippen LogP contribution in [0.25, 0.3) is 0 Å². The van der Waals surface area contributed by atoms with Crippen molar-refractivity contribution in [3.63, 3.8) is 0 Å². The number of ether oxygens (including phenoxy) is 1. The predicted molar refractivity (Wildman–Crippen MR) is 35.6 cm³/mol. The Labute approximate surface area is 56.1 Å². The van der Waals surface area contributed by atoms with Gasteiger partial charge in [-0.05, 0) is 6.42 Å². The van der Waals surface area contributed by atoms with Crippen molar-refractivity contribution in [1.82, 2.24) is 0 Å². The van der Waals surface area contributed by atoms with E-state index in [0.29, 0.717) is 0 Å². The van der Waals surface area contributed by atoms with Gasteiger partial charge >= 0.3 is 0 Å². The van der Waals surface area contributed by atoms with Gasteiger partial charge in [-0.1, -0.05) is 13.3 Å². The second-order valence-electron chi connectivity index (χ2n) is 1.94. The summed E-state index contributed by atoms with van der Waals surface area (Å²) in [6.45, 7) is 2.11. The highest BCUT2D eigenvalue weighted by Gasteiger charge is 2.02. The van der Waals surface area contributed by atoms with Crippen molar-refractivity contribution in [3.05, 3.63) is 0 Å². The van der Waals surface area contributed by atoms with E-state index >= 15 is 0 Å². The van der Waals surface area contributed by atoms with Crippen LogP contribution in [0.15, 0.2) is 0 Å². The maximum absolute atomic E-state index is 4.90. The Morgan fingerprint density at radius 3 is 2.56 bits per heavy atom. The zero-order valence-corrected chi connectivity index (χ0v) is 6.09. The molecule has 0 aromatic carbocycles. The molecule has 56 valence electrons. The largest absolute Gasteiger partial charge is 0.354 e. The van der Waals surface area contributed by atoms with E-state index in [9.17, 15) is 0 Å². The van der Waals surface area contributed by atoms with Gasteiger partial charge in [-0.15, -0.1) is 0 Å². The fourth-order valence-corrected chi connectivity index (χ4v) is 0.612. The van der Waals surface area contributed by atoms with E-state index in [-0.39, 0.29) is 6.29 Å². The SMILES string of the molecule is CCCCC(OC)ON. The third-order valence-electron chi connectivity index (χ3n) is 1.21. The van der Waals surface area contributed by atoms with Crippen LogP contribution in [-0.4, -0.2) is 13.4 Å². The van der Waals surface area contributed by atoms with Gasteiger partial charge in [0.25, 0.3) is 0 Å². The smallest absolute Gasteiger partial charge is 0.176 e. The summed E-state index contributed by atoms with van der Waals surface area (Å²) in [5.74, 6) is 4.90. The summed E-state index contributed by atoms with van der Waals surface area (Å²) in [6, 6.07) is 0. The molecule has 0 fully saturated rings. The fourth-order valence-electron chi connectivity index (χ4n) is 0.612. The summed E-state index contributed by atoms with van der Waals surface area (Å²) in [7, 11) is 1.59. The van der Waals surface area contributed by atoms with Crippen LogP contribution in [-0.2, 0) is 9.57 Å². The summed E-state index contributed by atoms with van der Waals surface area (Å²) in [4.78, 5) is 4.48. The molecule has 0 aliphatic heterocycles. The molecule has 0 radical (unpaired) electrons. The quantitative estimate of drug-likeness (QED) is 0.450. The van der Waals surface area contributed by atoms with Crippen molar-refractivity contribution in [3.8, 4) is 0 Å². The number of unbranched alkanes of at least 4 members (excludes halogenated alkanes) is 1. The van der Waals surface area contributed by atoms with Crippen molar-refractivity contribution in [2.45, 2.75) is 32.5 Å². The summed E-state index contributed by atoms with van der Waals surface area (Å²) in [5, 5.41) is 0. The standard InChI is InChI=1S/C6H15NO2/c1-3-4-5-6(8-2)9-7/h6H,3-5,7H2,1-2H3. The van der Waals surface area contributed by atoms with Crippen LogP contribution in [0.4, 0.5) is 0 Å². The van der Waals surface area contributed by atoms with Gasteiger partial charge in [-0.2, -0.15) is 0 Å². The van der Waals surface area contributed by atoms with E-state index < -0.39 is 0 Å². The Morgan fingerprint density at radius 2 is 2.22 bits per heavy atom. The van der Waals surface area contributed by atoms with E-state index in [2.05, 4.69) is 11.8 Å². The second kappa shape index (κ2) is 6.01. The lowest BCUT2D eigenvalue weighted by Crippen LogP contribution is -2.18. The molecule has 3 heteroatoms. The van der Waals surface area contributed by atoms with Crippen molar-refractivity contribution in [1.29, 1.82) is 0 Å². The van der Waals surface area contributed by atoms with Gasteiger partial charge in [-0.25, -0.2) is 5.90 Å². The molecule has 0 rings (SSSR count). The first-order valence-electron chi connectivity index (χ1n) is 3.23. The Balaban J connectivity index is 3.09. The third-order valence-corrected chi connectivity index (χ3v) is 1.21. The van der Waals surface area contributed by atoms with Gasteiger partial charge in [0.1, 0.15) is 0 Å². The molecule has 0 saturated heterocycles. The van der Waals surface area contributed by atoms with Gasteiger partial charge in [0.15, 0.2) is 6.29 Å². The number of nitrogens with two attached hydrogens (primary N) is 1. The first kappa shape index (κ1) is 8.88. The van der Waals surface area contributed by atoms with Gasteiger partial charge < -0.3 is 4.74 Å². The summed E-state index contributed by atoms with van der Waals surface area (Å²) in [5.41, 5.74) is 0. The molecule has 0 aromatic heterocycles. The molecule has 3 nitrogen and oxygen atoms in total. The molecule has 0 aromatic rings. The van der Waals surface area contributed by atoms with Crippen LogP contribution < -0.4 is 5.90 Å². The van der Waals surface area contributed by atoms with Gasteiger partial charge in [0, 0.05) is 13.5 Å².